The van der Waals surface area contributed by atoms with Crippen LogP contribution in [-0.4, -0.2) is 19.8 Å². The summed E-state index contributed by atoms with van der Waals surface area (Å²) in [6, 6.07) is 2.09. The van der Waals surface area contributed by atoms with Crippen LogP contribution in [0.5, 0.6) is 11.5 Å². The maximum absolute atomic E-state index is 5.81. The smallest absolute Gasteiger partial charge is 0.175 e. The summed E-state index contributed by atoms with van der Waals surface area (Å²) in [7, 11) is 0. The molecule has 4 heteroatoms. The Balaban J connectivity index is 2.61. The van der Waals surface area contributed by atoms with Gasteiger partial charge in [-0.05, 0) is 51.5 Å². The lowest BCUT2D eigenvalue weighted by Crippen LogP contribution is -2.18. The van der Waals surface area contributed by atoms with Crippen LogP contribution in [0.2, 0.25) is 0 Å². The van der Waals surface area contributed by atoms with E-state index in [0.29, 0.717) is 31.6 Å². The van der Waals surface area contributed by atoms with E-state index in [2.05, 4.69) is 42.8 Å². The minimum absolute atomic E-state index is 0.314. The van der Waals surface area contributed by atoms with Crippen LogP contribution >= 0.6 is 15.9 Å². The third-order valence-electron chi connectivity index (χ3n) is 3.31. The third kappa shape index (κ3) is 2.36. The van der Waals surface area contributed by atoms with Crippen LogP contribution in [-0.2, 0) is 0 Å². The quantitative estimate of drug-likeness (QED) is 0.930. The van der Waals surface area contributed by atoms with Crippen LogP contribution in [0, 0.1) is 0 Å². The van der Waals surface area contributed by atoms with Crippen molar-refractivity contribution in [2.75, 3.05) is 19.8 Å². The number of benzene rings is 1. The monoisotopic (exact) mass is 313 g/mol. The summed E-state index contributed by atoms with van der Waals surface area (Å²) in [5, 5.41) is 0. The fourth-order valence-corrected chi connectivity index (χ4v) is 3.30. The van der Waals surface area contributed by atoms with E-state index in [9.17, 15) is 0 Å². The molecule has 0 radical (unpaired) electrons. The molecule has 1 atom stereocenters. The van der Waals surface area contributed by atoms with Gasteiger partial charge in [0.25, 0.3) is 0 Å². The summed E-state index contributed by atoms with van der Waals surface area (Å²) in [6.07, 6.45) is 0. The fourth-order valence-electron chi connectivity index (χ4n) is 2.30. The zero-order valence-corrected chi connectivity index (χ0v) is 12.7. The van der Waals surface area contributed by atoms with Gasteiger partial charge in [-0.2, -0.15) is 0 Å². The zero-order valence-electron chi connectivity index (χ0n) is 11.1. The number of rotatable bonds is 3. The zero-order chi connectivity index (χ0) is 13.3. The second kappa shape index (κ2) is 5.49. The highest BCUT2D eigenvalue weighted by molar-refractivity contribution is 9.10. The standard InChI is InChI=1S/C14H20BrNO2/c1-8(2)12-10(9(3)7-16)6-11-14(13(12)15)18-5-4-17-11/h6,8-9H,4-5,7,16H2,1-3H3. The van der Waals surface area contributed by atoms with Crippen molar-refractivity contribution in [1.29, 1.82) is 0 Å². The van der Waals surface area contributed by atoms with Gasteiger partial charge in [-0.25, -0.2) is 0 Å². The molecule has 3 nitrogen and oxygen atoms in total. The van der Waals surface area contributed by atoms with E-state index >= 15 is 0 Å². The Morgan fingerprint density at radius 1 is 1.28 bits per heavy atom. The Labute approximate surface area is 117 Å². The average molecular weight is 314 g/mol. The number of hydrogen-bond acceptors (Lipinski definition) is 3. The highest BCUT2D eigenvalue weighted by atomic mass is 79.9. The average Bonchev–Trinajstić information content (AvgIpc) is 2.37. The molecule has 18 heavy (non-hydrogen) atoms. The molecule has 1 aromatic rings. The largest absolute Gasteiger partial charge is 0.486 e. The molecule has 0 spiro atoms. The molecule has 1 aliphatic rings. The predicted octanol–water partition coefficient (Wildman–Crippen LogP) is 3.41. The number of fused-ring (bicyclic) bond motifs is 1. The molecule has 0 bridgehead atoms. The van der Waals surface area contributed by atoms with Crippen LogP contribution in [0.4, 0.5) is 0 Å². The lowest BCUT2D eigenvalue weighted by molar-refractivity contribution is 0.170. The fraction of sp³-hybridized carbons (Fsp3) is 0.571. The first-order valence-electron chi connectivity index (χ1n) is 6.38. The van der Waals surface area contributed by atoms with Crippen molar-refractivity contribution in [2.24, 2.45) is 5.73 Å². The van der Waals surface area contributed by atoms with Gasteiger partial charge in [0.1, 0.15) is 13.2 Å². The van der Waals surface area contributed by atoms with Crippen LogP contribution in [0.1, 0.15) is 43.7 Å². The van der Waals surface area contributed by atoms with E-state index in [0.717, 1.165) is 16.0 Å². The molecule has 1 aromatic carbocycles. The van der Waals surface area contributed by atoms with Gasteiger partial charge in [-0.3, -0.25) is 0 Å². The van der Waals surface area contributed by atoms with E-state index in [4.69, 9.17) is 15.2 Å². The molecule has 0 amide bonds. The summed E-state index contributed by atoms with van der Waals surface area (Å²) >= 11 is 3.67. The highest BCUT2D eigenvalue weighted by Crippen LogP contribution is 2.45. The lowest BCUT2D eigenvalue weighted by Gasteiger charge is -2.26. The van der Waals surface area contributed by atoms with Crippen molar-refractivity contribution in [3.8, 4) is 11.5 Å². The molecule has 2 rings (SSSR count). The minimum atomic E-state index is 0.314. The molecule has 0 saturated heterocycles. The van der Waals surface area contributed by atoms with E-state index in [1.54, 1.807) is 0 Å². The normalized spacial score (nSPS) is 15.9. The first-order valence-corrected chi connectivity index (χ1v) is 7.17. The van der Waals surface area contributed by atoms with Gasteiger partial charge in [-0.15, -0.1) is 0 Å². The first kappa shape index (κ1) is 13.7. The Hall–Kier alpha value is -0.740. The summed E-state index contributed by atoms with van der Waals surface area (Å²) in [5.41, 5.74) is 8.34. The Morgan fingerprint density at radius 3 is 2.56 bits per heavy atom. The van der Waals surface area contributed by atoms with E-state index < -0.39 is 0 Å². The molecular weight excluding hydrogens is 294 g/mol. The molecule has 0 aromatic heterocycles. The van der Waals surface area contributed by atoms with Crippen molar-refractivity contribution in [2.45, 2.75) is 32.6 Å². The van der Waals surface area contributed by atoms with E-state index in [-0.39, 0.29) is 0 Å². The third-order valence-corrected chi connectivity index (χ3v) is 4.09. The molecule has 1 heterocycles. The lowest BCUT2D eigenvalue weighted by atomic mass is 9.89. The van der Waals surface area contributed by atoms with Gasteiger partial charge >= 0.3 is 0 Å². The molecule has 1 unspecified atom stereocenters. The second-order valence-corrected chi connectivity index (χ2v) is 5.80. The van der Waals surface area contributed by atoms with Gasteiger partial charge in [0, 0.05) is 0 Å². The molecule has 100 valence electrons. The topological polar surface area (TPSA) is 44.5 Å². The van der Waals surface area contributed by atoms with Crippen molar-refractivity contribution in [3.63, 3.8) is 0 Å². The van der Waals surface area contributed by atoms with Gasteiger partial charge in [0.2, 0.25) is 0 Å². The van der Waals surface area contributed by atoms with Crippen LogP contribution in [0.3, 0.4) is 0 Å². The first-order chi connectivity index (χ1) is 8.56. The summed E-state index contributed by atoms with van der Waals surface area (Å²) in [6.45, 7) is 8.35. The van der Waals surface area contributed by atoms with Crippen molar-refractivity contribution in [3.05, 3.63) is 21.7 Å². The predicted molar refractivity (Wildman–Crippen MR) is 76.7 cm³/mol. The molecular formula is C14H20BrNO2. The van der Waals surface area contributed by atoms with Gasteiger partial charge < -0.3 is 15.2 Å². The van der Waals surface area contributed by atoms with Crippen molar-refractivity contribution < 1.29 is 9.47 Å². The number of ether oxygens (including phenoxy) is 2. The number of nitrogens with two attached hydrogens (primary N) is 1. The van der Waals surface area contributed by atoms with Gasteiger partial charge in [0.15, 0.2) is 11.5 Å². The maximum Gasteiger partial charge on any atom is 0.175 e. The Morgan fingerprint density at radius 2 is 1.94 bits per heavy atom. The van der Waals surface area contributed by atoms with Crippen LogP contribution in [0.15, 0.2) is 10.5 Å². The van der Waals surface area contributed by atoms with Crippen LogP contribution < -0.4 is 15.2 Å². The summed E-state index contributed by atoms with van der Waals surface area (Å²) < 4.78 is 12.4. The maximum atomic E-state index is 5.81. The molecule has 2 N–H and O–H groups in total. The van der Waals surface area contributed by atoms with Crippen molar-refractivity contribution in [1.82, 2.24) is 0 Å². The SMILES string of the molecule is CC(C)c1c(C(C)CN)cc2c(c1Br)OCCO2. The number of halogens is 1. The minimum Gasteiger partial charge on any atom is -0.486 e. The molecule has 0 aliphatic carbocycles. The summed E-state index contributed by atoms with van der Waals surface area (Å²) in [4.78, 5) is 0. The molecule has 0 fully saturated rings. The summed E-state index contributed by atoms with van der Waals surface area (Å²) in [5.74, 6) is 2.39. The van der Waals surface area contributed by atoms with Gasteiger partial charge in [-0.1, -0.05) is 20.8 Å². The molecule has 1 aliphatic heterocycles. The molecule has 0 saturated carbocycles. The highest BCUT2D eigenvalue weighted by Gasteiger charge is 2.24. The number of hydrogen-bond donors (Lipinski definition) is 1. The van der Waals surface area contributed by atoms with Crippen molar-refractivity contribution >= 4 is 15.9 Å². The van der Waals surface area contributed by atoms with E-state index in [1.165, 1.54) is 11.1 Å². The second-order valence-electron chi connectivity index (χ2n) is 5.01. The Kier molecular flexibility index (Phi) is 4.17. The van der Waals surface area contributed by atoms with Gasteiger partial charge in [0.05, 0.1) is 4.47 Å². The van der Waals surface area contributed by atoms with Crippen LogP contribution in [0.25, 0.3) is 0 Å². The Bertz CT molecular complexity index is 446. The van der Waals surface area contributed by atoms with E-state index in [1.807, 2.05) is 0 Å².